The minimum absolute atomic E-state index is 0.146. The van der Waals surface area contributed by atoms with Crippen LogP contribution < -0.4 is 11.4 Å². The van der Waals surface area contributed by atoms with Crippen LogP contribution >= 0.6 is 11.8 Å². The molecule has 0 spiro atoms. The van der Waals surface area contributed by atoms with Crippen LogP contribution in [0.1, 0.15) is 13.3 Å². The van der Waals surface area contributed by atoms with Gasteiger partial charge in [0.2, 0.25) is 0 Å². The number of H-pyrrole nitrogens is 2. The third kappa shape index (κ3) is 5.17. The zero-order valence-electron chi connectivity index (χ0n) is 19.1. The standard InChI is InChI=1S/C23H22N6OS.C2H4O2/c24-22(25)31-11-5-10-28-14-17(15-6-2-4-9-19(15)28)21-13-27-23(30)29(21)20-12-26-18-8-3-1-7-16(18)20;1-2(3)4/h1-4,6-9,12-14,26H,5,10-11H2,(H3,24,25)(H,27,30);1H3,(H,3,4). The number of aromatic amines is 2. The number of amidine groups is 1. The van der Waals surface area contributed by atoms with Gasteiger partial charge in [0.25, 0.3) is 5.97 Å². The Morgan fingerprint density at radius 1 is 1.09 bits per heavy atom. The number of para-hydroxylation sites is 2. The third-order valence-corrected chi connectivity index (χ3v) is 6.25. The molecule has 0 saturated carbocycles. The first-order valence-corrected chi connectivity index (χ1v) is 12.0. The number of thioether (sulfide) groups is 1. The molecule has 3 heterocycles. The van der Waals surface area contributed by atoms with Gasteiger partial charge < -0.3 is 25.4 Å². The molecule has 35 heavy (non-hydrogen) atoms. The fourth-order valence-electron chi connectivity index (χ4n) is 4.10. The molecule has 0 aliphatic rings. The average molecular weight is 491 g/mol. The number of fused-ring (bicyclic) bond motifs is 2. The molecule has 5 rings (SSSR count). The molecular formula is C25H26N6O3S. The second-order valence-corrected chi connectivity index (χ2v) is 9.01. The van der Waals surface area contributed by atoms with Crippen LogP contribution in [-0.2, 0) is 11.3 Å². The minimum Gasteiger partial charge on any atom is -0.481 e. The molecule has 0 saturated heterocycles. The van der Waals surface area contributed by atoms with Crippen molar-refractivity contribution >= 4 is 44.7 Å². The number of carbonyl (C=O) groups is 1. The molecular weight excluding hydrogens is 464 g/mol. The number of hydrogen-bond donors (Lipinski definition) is 5. The van der Waals surface area contributed by atoms with E-state index in [2.05, 4.69) is 32.9 Å². The number of carboxylic acid groups (broad SMARTS) is 1. The number of nitrogens with two attached hydrogens (primary N) is 1. The van der Waals surface area contributed by atoms with Crippen molar-refractivity contribution in [3.63, 3.8) is 0 Å². The Labute approximate surface area is 205 Å². The smallest absolute Gasteiger partial charge is 0.330 e. The molecule has 3 aromatic heterocycles. The first kappa shape index (κ1) is 24.0. The van der Waals surface area contributed by atoms with Crippen LogP contribution in [0.5, 0.6) is 0 Å². The van der Waals surface area contributed by atoms with Crippen LogP contribution in [0, 0.1) is 5.41 Å². The van der Waals surface area contributed by atoms with E-state index in [1.165, 1.54) is 11.8 Å². The SMILES string of the molecule is CC(=O)O.N=C(N)SCCCn1cc(-c2c[nH]c(=O)n2-c2c[nH]c3ccccc23)c2ccccc21. The lowest BCUT2D eigenvalue weighted by atomic mass is 10.1. The fourth-order valence-corrected chi connectivity index (χ4v) is 4.59. The Morgan fingerprint density at radius 3 is 2.51 bits per heavy atom. The summed E-state index contributed by atoms with van der Waals surface area (Å²) in [6, 6.07) is 16.2. The second kappa shape index (κ2) is 10.4. The number of hydrogen-bond acceptors (Lipinski definition) is 4. The van der Waals surface area contributed by atoms with Crippen LogP contribution in [0.4, 0.5) is 0 Å². The van der Waals surface area contributed by atoms with E-state index in [0.29, 0.717) is 0 Å². The molecule has 0 amide bonds. The van der Waals surface area contributed by atoms with E-state index in [1.807, 2.05) is 42.6 Å². The number of rotatable bonds is 6. The Kier molecular flexibility index (Phi) is 7.11. The molecule has 9 nitrogen and oxygen atoms in total. The van der Waals surface area contributed by atoms with Crippen molar-refractivity contribution in [3.8, 4) is 16.9 Å². The number of aromatic nitrogens is 4. The van der Waals surface area contributed by atoms with Gasteiger partial charge in [-0.3, -0.25) is 14.8 Å². The van der Waals surface area contributed by atoms with E-state index in [-0.39, 0.29) is 10.9 Å². The third-order valence-electron chi connectivity index (χ3n) is 5.45. The van der Waals surface area contributed by atoms with Gasteiger partial charge in [0.15, 0.2) is 5.17 Å². The summed E-state index contributed by atoms with van der Waals surface area (Å²) in [7, 11) is 0. The number of imidazole rings is 1. The van der Waals surface area contributed by atoms with Gasteiger partial charge in [0.1, 0.15) is 0 Å². The van der Waals surface area contributed by atoms with Gasteiger partial charge >= 0.3 is 5.69 Å². The normalized spacial score (nSPS) is 10.9. The Balaban J connectivity index is 0.000000672. The van der Waals surface area contributed by atoms with Crippen LogP contribution in [0.2, 0.25) is 0 Å². The van der Waals surface area contributed by atoms with E-state index in [4.69, 9.17) is 21.0 Å². The maximum Gasteiger partial charge on any atom is 0.330 e. The zero-order valence-corrected chi connectivity index (χ0v) is 19.9. The van der Waals surface area contributed by atoms with E-state index < -0.39 is 5.97 Å². The summed E-state index contributed by atoms with van der Waals surface area (Å²) in [4.78, 5) is 28.0. The molecule has 0 aliphatic carbocycles. The molecule has 6 N–H and O–H groups in total. The predicted octanol–water partition coefficient (Wildman–Crippen LogP) is 4.38. The van der Waals surface area contributed by atoms with E-state index in [1.54, 1.807) is 10.8 Å². The highest BCUT2D eigenvalue weighted by Gasteiger charge is 2.18. The van der Waals surface area contributed by atoms with Gasteiger partial charge in [-0.05, 0) is 18.6 Å². The maximum absolute atomic E-state index is 12.8. The zero-order chi connectivity index (χ0) is 24.9. The van der Waals surface area contributed by atoms with E-state index in [0.717, 1.165) is 64.4 Å². The van der Waals surface area contributed by atoms with Gasteiger partial charge in [-0.1, -0.05) is 48.2 Å². The van der Waals surface area contributed by atoms with Crippen molar-refractivity contribution in [2.24, 2.45) is 5.73 Å². The first-order valence-electron chi connectivity index (χ1n) is 11.0. The van der Waals surface area contributed by atoms with Crippen molar-refractivity contribution < 1.29 is 9.90 Å². The molecule has 0 radical (unpaired) electrons. The number of aryl methyl sites for hydroxylation is 1. The average Bonchev–Trinajstić information content (AvgIpc) is 3.51. The quantitative estimate of drug-likeness (QED) is 0.136. The predicted molar refractivity (Wildman–Crippen MR) is 141 cm³/mol. The Morgan fingerprint density at radius 2 is 1.77 bits per heavy atom. The summed E-state index contributed by atoms with van der Waals surface area (Å²) in [6.07, 6.45) is 6.66. The topological polar surface area (TPSA) is 146 Å². The molecule has 2 aromatic carbocycles. The van der Waals surface area contributed by atoms with Gasteiger partial charge in [0, 0.05) is 65.2 Å². The number of aliphatic carboxylic acids is 1. The lowest BCUT2D eigenvalue weighted by Crippen LogP contribution is -2.15. The van der Waals surface area contributed by atoms with Crippen molar-refractivity contribution in [1.82, 2.24) is 19.1 Å². The number of benzene rings is 2. The van der Waals surface area contributed by atoms with E-state index >= 15 is 0 Å². The molecule has 0 fully saturated rings. The summed E-state index contributed by atoms with van der Waals surface area (Å²) in [5, 5.41) is 17.0. The highest BCUT2D eigenvalue weighted by atomic mass is 32.2. The molecule has 0 bridgehead atoms. The first-order chi connectivity index (χ1) is 16.9. The summed E-state index contributed by atoms with van der Waals surface area (Å²) in [5.41, 5.74) is 10.0. The number of carboxylic acids is 1. The van der Waals surface area contributed by atoms with Crippen LogP contribution in [0.15, 0.2) is 71.9 Å². The largest absolute Gasteiger partial charge is 0.481 e. The molecule has 5 aromatic rings. The summed E-state index contributed by atoms with van der Waals surface area (Å²) in [6.45, 7) is 1.89. The van der Waals surface area contributed by atoms with E-state index in [9.17, 15) is 4.79 Å². The van der Waals surface area contributed by atoms with Crippen molar-refractivity contribution in [2.45, 2.75) is 19.9 Å². The number of nitrogens with zero attached hydrogens (tertiary/aromatic N) is 2. The fraction of sp³-hybridized carbons (Fsp3) is 0.160. The van der Waals surface area contributed by atoms with Crippen molar-refractivity contribution in [2.75, 3.05) is 5.75 Å². The highest BCUT2D eigenvalue weighted by Crippen LogP contribution is 2.33. The summed E-state index contributed by atoms with van der Waals surface area (Å²) in [5.74, 6) is -0.0403. The van der Waals surface area contributed by atoms with Crippen molar-refractivity contribution in [1.29, 1.82) is 5.41 Å². The molecule has 0 unspecified atom stereocenters. The van der Waals surface area contributed by atoms with Gasteiger partial charge in [-0.15, -0.1) is 0 Å². The molecule has 10 heteroatoms. The van der Waals surface area contributed by atoms with Crippen LogP contribution in [0.25, 0.3) is 38.8 Å². The molecule has 180 valence electrons. The molecule has 0 atom stereocenters. The van der Waals surface area contributed by atoms with Gasteiger partial charge in [-0.25, -0.2) is 4.79 Å². The summed E-state index contributed by atoms with van der Waals surface area (Å²) >= 11 is 1.36. The second-order valence-electron chi connectivity index (χ2n) is 7.87. The maximum atomic E-state index is 12.8. The Hall–Kier alpha value is -4.18. The lowest BCUT2D eigenvalue weighted by Gasteiger charge is -2.06. The van der Waals surface area contributed by atoms with Gasteiger partial charge in [0.05, 0.1) is 11.4 Å². The molecule has 0 aliphatic heterocycles. The Bertz CT molecular complexity index is 1550. The van der Waals surface area contributed by atoms with Gasteiger partial charge in [-0.2, -0.15) is 0 Å². The van der Waals surface area contributed by atoms with Crippen LogP contribution in [0.3, 0.4) is 0 Å². The van der Waals surface area contributed by atoms with Crippen LogP contribution in [-0.4, -0.2) is 41.1 Å². The minimum atomic E-state index is -0.833. The summed E-state index contributed by atoms with van der Waals surface area (Å²) < 4.78 is 3.94. The lowest BCUT2D eigenvalue weighted by molar-refractivity contribution is -0.134. The number of nitrogens with one attached hydrogen (secondary N) is 3. The monoisotopic (exact) mass is 490 g/mol. The highest BCUT2D eigenvalue weighted by molar-refractivity contribution is 8.13. The van der Waals surface area contributed by atoms with Crippen molar-refractivity contribution in [3.05, 3.63) is 77.6 Å².